The van der Waals surface area contributed by atoms with Crippen LogP contribution in [-0.4, -0.2) is 31.4 Å². The molecule has 1 N–H and O–H groups in total. The van der Waals surface area contributed by atoms with Crippen LogP contribution in [0.3, 0.4) is 0 Å². The van der Waals surface area contributed by atoms with Gasteiger partial charge in [0.1, 0.15) is 0 Å². The van der Waals surface area contributed by atoms with Crippen molar-refractivity contribution in [1.29, 1.82) is 0 Å². The molecule has 0 aromatic carbocycles. The molecule has 1 fully saturated rings. The SMILES string of the molecule is CCCCC1CCC(C(O)Cc2nnn(C)n2)CC1. The van der Waals surface area contributed by atoms with E-state index < -0.39 is 0 Å². The number of nitrogens with zero attached hydrogens (tertiary/aromatic N) is 4. The summed E-state index contributed by atoms with van der Waals surface area (Å²) in [5, 5.41) is 22.2. The molecule has 1 aromatic rings. The summed E-state index contributed by atoms with van der Waals surface area (Å²) in [6, 6.07) is 0. The minimum absolute atomic E-state index is 0.309. The lowest BCUT2D eigenvalue weighted by Gasteiger charge is -2.31. The molecular weight excluding hydrogens is 240 g/mol. The molecule has 1 atom stereocenters. The molecular formula is C14H26N4O. The van der Waals surface area contributed by atoms with Gasteiger partial charge in [-0.3, -0.25) is 0 Å². The van der Waals surface area contributed by atoms with Gasteiger partial charge in [0.15, 0.2) is 5.82 Å². The second-order valence-electron chi connectivity index (χ2n) is 5.89. The van der Waals surface area contributed by atoms with E-state index in [9.17, 15) is 5.11 Å². The number of unbranched alkanes of at least 4 members (excludes halogenated alkanes) is 1. The van der Waals surface area contributed by atoms with Crippen molar-refractivity contribution in [1.82, 2.24) is 20.2 Å². The van der Waals surface area contributed by atoms with Gasteiger partial charge in [0.2, 0.25) is 0 Å². The largest absolute Gasteiger partial charge is 0.392 e. The fourth-order valence-corrected chi connectivity index (χ4v) is 3.11. The summed E-state index contributed by atoms with van der Waals surface area (Å²) in [5.74, 6) is 1.96. The summed E-state index contributed by atoms with van der Waals surface area (Å²) in [4.78, 5) is 1.45. The average Bonchev–Trinajstić information content (AvgIpc) is 2.82. The molecule has 0 aliphatic heterocycles. The Bertz CT molecular complexity index is 371. The third-order valence-corrected chi connectivity index (χ3v) is 4.34. The summed E-state index contributed by atoms with van der Waals surface area (Å²) in [6.45, 7) is 2.25. The van der Waals surface area contributed by atoms with Crippen LogP contribution in [-0.2, 0) is 13.5 Å². The molecule has 0 radical (unpaired) electrons. The zero-order valence-electron chi connectivity index (χ0n) is 12.1. The predicted octanol–water partition coefficient (Wildman–Crippen LogP) is 2.11. The molecule has 1 heterocycles. The number of tetrazole rings is 1. The zero-order valence-corrected chi connectivity index (χ0v) is 12.1. The average molecular weight is 266 g/mol. The zero-order chi connectivity index (χ0) is 13.7. The summed E-state index contributed by atoms with van der Waals surface area (Å²) < 4.78 is 0. The molecule has 108 valence electrons. The molecule has 0 spiro atoms. The van der Waals surface area contributed by atoms with Crippen molar-refractivity contribution in [3.05, 3.63) is 5.82 Å². The fourth-order valence-electron chi connectivity index (χ4n) is 3.11. The number of rotatable bonds is 6. The van der Waals surface area contributed by atoms with Crippen LogP contribution in [0, 0.1) is 11.8 Å². The highest BCUT2D eigenvalue weighted by Crippen LogP contribution is 2.34. The van der Waals surface area contributed by atoms with Crippen molar-refractivity contribution in [2.24, 2.45) is 18.9 Å². The summed E-state index contributed by atoms with van der Waals surface area (Å²) in [5.41, 5.74) is 0. The molecule has 1 aliphatic rings. The van der Waals surface area contributed by atoms with Gasteiger partial charge >= 0.3 is 0 Å². The maximum Gasteiger partial charge on any atom is 0.177 e. The first-order valence-electron chi connectivity index (χ1n) is 7.60. The molecule has 1 aromatic heterocycles. The van der Waals surface area contributed by atoms with Gasteiger partial charge in [-0.2, -0.15) is 4.80 Å². The predicted molar refractivity (Wildman–Crippen MR) is 73.5 cm³/mol. The first kappa shape index (κ1) is 14.4. The quantitative estimate of drug-likeness (QED) is 0.856. The molecule has 1 unspecified atom stereocenters. The summed E-state index contributed by atoms with van der Waals surface area (Å²) in [6.07, 6.45) is 9.08. The lowest BCUT2D eigenvalue weighted by atomic mass is 9.77. The van der Waals surface area contributed by atoms with E-state index in [1.54, 1.807) is 7.05 Å². The number of aliphatic hydroxyl groups excluding tert-OH is 1. The van der Waals surface area contributed by atoms with E-state index in [1.807, 2.05) is 0 Å². The van der Waals surface area contributed by atoms with Crippen LogP contribution >= 0.6 is 0 Å². The highest BCUT2D eigenvalue weighted by molar-refractivity contribution is 4.86. The minimum atomic E-state index is -0.309. The molecule has 2 rings (SSSR count). The number of aliphatic hydroxyl groups is 1. The van der Waals surface area contributed by atoms with E-state index in [0.717, 1.165) is 18.8 Å². The summed E-state index contributed by atoms with van der Waals surface area (Å²) in [7, 11) is 1.75. The van der Waals surface area contributed by atoms with Crippen LogP contribution in [0.2, 0.25) is 0 Å². The van der Waals surface area contributed by atoms with E-state index >= 15 is 0 Å². The fraction of sp³-hybridized carbons (Fsp3) is 0.929. The van der Waals surface area contributed by atoms with Crippen molar-refractivity contribution < 1.29 is 5.11 Å². The van der Waals surface area contributed by atoms with Gasteiger partial charge in [-0.05, 0) is 29.9 Å². The van der Waals surface area contributed by atoms with Gasteiger partial charge < -0.3 is 5.11 Å². The van der Waals surface area contributed by atoms with E-state index in [0.29, 0.717) is 18.2 Å². The molecule has 0 bridgehead atoms. The van der Waals surface area contributed by atoms with Crippen LogP contribution in [0.15, 0.2) is 0 Å². The van der Waals surface area contributed by atoms with Crippen molar-refractivity contribution in [3.8, 4) is 0 Å². The van der Waals surface area contributed by atoms with Gasteiger partial charge in [0.25, 0.3) is 0 Å². The van der Waals surface area contributed by atoms with E-state index in [-0.39, 0.29) is 6.10 Å². The second-order valence-corrected chi connectivity index (χ2v) is 5.89. The maximum atomic E-state index is 10.3. The molecule has 5 nitrogen and oxygen atoms in total. The topological polar surface area (TPSA) is 63.8 Å². The second kappa shape index (κ2) is 6.98. The smallest absolute Gasteiger partial charge is 0.177 e. The number of aryl methyl sites for hydroxylation is 1. The lowest BCUT2D eigenvalue weighted by molar-refractivity contribution is 0.0710. The Labute approximate surface area is 115 Å². The molecule has 0 saturated heterocycles. The molecule has 0 amide bonds. The van der Waals surface area contributed by atoms with Crippen LogP contribution < -0.4 is 0 Å². The van der Waals surface area contributed by atoms with Gasteiger partial charge in [-0.25, -0.2) is 0 Å². The van der Waals surface area contributed by atoms with E-state index in [2.05, 4.69) is 22.3 Å². The van der Waals surface area contributed by atoms with Crippen molar-refractivity contribution in [3.63, 3.8) is 0 Å². The Kier molecular flexibility index (Phi) is 5.31. The van der Waals surface area contributed by atoms with Crippen LogP contribution in [0.4, 0.5) is 0 Å². The third kappa shape index (κ3) is 4.27. The number of hydrogen-bond acceptors (Lipinski definition) is 4. The first-order valence-corrected chi connectivity index (χ1v) is 7.60. The van der Waals surface area contributed by atoms with E-state index in [1.165, 1.54) is 36.9 Å². The molecule has 5 heteroatoms. The van der Waals surface area contributed by atoms with Crippen LogP contribution in [0.5, 0.6) is 0 Å². The lowest BCUT2D eigenvalue weighted by Crippen LogP contribution is -2.28. The van der Waals surface area contributed by atoms with Gasteiger partial charge in [-0.1, -0.05) is 39.0 Å². The summed E-state index contributed by atoms with van der Waals surface area (Å²) >= 11 is 0. The Balaban J connectivity index is 1.74. The molecule has 1 saturated carbocycles. The van der Waals surface area contributed by atoms with Gasteiger partial charge in [0, 0.05) is 6.42 Å². The minimum Gasteiger partial charge on any atom is -0.392 e. The number of aromatic nitrogens is 4. The van der Waals surface area contributed by atoms with Crippen molar-refractivity contribution in [2.75, 3.05) is 0 Å². The Morgan fingerprint density at radius 3 is 2.63 bits per heavy atom. The first-order chi connectivity index (χ1) is 9.19. The normalized spacial score (nSPS) is 25.4. The Morgan fingerprint density at radius 1 is 1.32 bits per heavy atom. The van der Waals surface area contributed by atoms with Crippen molar-refractivity contribution >= 4 is 0 Å². The number of hydrogen-bond donors (Lipinski definition) is 1. The highest BCUT2D eigenvalue weighted by atomic mass is 16.3. The van der Waals surface area contributed by atoms with Crippen molar-refractivity contribution in [2.45, 2.75) is 64.4 Å². The van der Waals surface area contributed by atoms with Crippen LogP contribution in [0.1, 0.15) is 57.7 Å². The van der Waals surface area contributed by atoms with Gasteiger partial charge in [-0.15, -0.1) is 10.2 Å². The highest BCUT2D eigenvalue weighted by Gasteiger charge is 2.27. The third-order valence-electron chi connectivity index (χ3n) is 4.34. The van der Waals surface area contributed by atoms with Crippen LogP contribution in [0.25, 0.3) is 0 Å². The molecule has 19 heavy (non-hydrogen) atoms. The van der Waals surface area contributed by atoms with Gasteiger partial charge in [0.05, 0.1) is 13.2 Å². The monoisotopic (exact) mass is 266 g/mol. The standard InChI is InChI=1S/C14H26N4O/c1-3-4-5-11-6-8-12(9-7-11)13(19)10-14-15-17-18(2)16-14/h11-13,19H,3-10H2,1-2H3. The maximum absolute atomic E-state index is 10.3. The molecule has 1 aliphatic carbocycles. The Morgan fingerprint density at radius 2 is 2.05 bits per heavy atom. The van der Waals surface area contributed by atoms with E-state index in [4.69, 9.17) is 0 Å². The Hall–Kier alpha value is -0.970.